The number of hydrogen-bond donors (Lipinski definition) is 2. The van der Waals surface area contributed by atoms with Crippen LogP contribution in [0.15, 0.2) is 59.7 Å². The molecular weight excluding hydrogens is 698 g/mol. The number of piperidine rings is 1. The average molecular weight is 732 g/mol. The van der Waals surface area contributed by atoms with Crippen LogP contribution in [-0.4, -0.2) is 81.8 Å². The summed E-state index contributed by atoms with van der Waals surface area (Å²) in [5.41, 5.74) is -1.42. The Bertz CT molecular complexity index is 1990. The Hall–Kier alpha value is -4.80. The number of carbonyl (C=O) groups is 2. The number of ether oxygens (including phenoxy) is 2. The Labute approximate surface area is 294 Å². The summed E-state index contributed by atoms with van der Waals surface area (Å²) in [6.07, 6.45) is -1.10. The van der Waals surface area contributed by atoms with Crippen LogP contribution < -0.4 is 20.9 Å². The fraction of sp³-hybridized carbons (Fsp3) is 0.382. The zero-order chi connectivity index (χ0) is 36.4. The van der Waals surface area contributed by atoms with Gasteiger partial charge in [0.05, 0.1) is 50.0 Å². The number of halogens is 5. The summed E-state index contributed by atoms with van der Waals surface area (Å²) in [5, 5.41) is 12.5. The monoisotopic (exact) mass is 731 g/mol. The van der Waals surface area contributed by atoms with Crippen molar-refractivity contribution in [1.82, 2.24) is 29.8 Å². The minimum atomic E-state index is -4.73. The molecule has 17 heteroatoms. The summed E-state index contributed by atoms with van der Waals surface area (Å²) in [6.45, 7) is 4.75. The quantitative estimate of drug-likeness (QED) is 0.216. The Balaban J connectivity index is 1.18. The van der Waals surface area contributed by atoms with Crippen LogP contribution >= 0.6 is 11.6 Å². The summed E-state index contributed by atoms with van der Waals surface area (Å²) in [5.74, 6) is -1.91. The van der Waals surface area contributed by atoms with Gasteiger partial charge in [-0.2, -0.15) is 13.2 Å². The zero-order valence-corrected chi connectivity index (χ0v) is 28.3. The number of aromatic nitrogens is 4. The SMILES string of the molecule is CC[C@@H](C(=O)Nc1ccc(C(=O)NC2CCN(C3COC3)CC2)c(F)c1)n1cc(OC)c(-c2cc(Cl)ccc2-n2cc(C(F)(F)F)nn2)cc1=O. The molecule has 0 aliphatic carbocycles. The molecule has 2 amide bonds. The molecule has 4 aromatic rings. The molecule has 270 valence electrons. The molecule has 0 unspecified atom stereocenters. The third-order valence-corrected chi connectivity index (χ3v) is 9.29. The molecule has 2 N–H and O–H groups in total. The fourth-order valence-corrected chi connectivity index (χ4v) is 6.37. The number of benzene rings is 2. The van der Waals surface area contributed by atoms with Gasteiger partial charge in [-0.25, -0.2) is 9.07 Å². The number of likely N-dealkylation sites (tertiary alicyclic amines) is 1. The Morgan fingerprint density at radius 1 is 1.08 bits per heavy atom. The van der Waals surface area contributed by atoms with E-state index in [-0.39, 0.29) is 51.3 Å². The number of nitrogens with one attached hydrogen (secondary N) is 2. The predicted octanol–water partition coefficient (Wildman–Crippen LogP) is 5.10. The Kier molecular flexibility index (Phi) is 10.5. The van der Waals surface area contributed by atoms with E-state index in [1.165, 1.54) is 49.7 Å². The third-order valence-electron chi connectivity index (χ3n) is 9.05. The molecule has 6 rings (SSSR count). The van der Waals surface area contributed by atoms with Gasteiger partial charge in [-0.15, -0.1) is 5.10 Å². The van der Waals surface area contributed by atoms with E-state index >= 15 is 4.39 Å². The van der Waals surface area contributed by atoms with Gasteiger partial charge in [0.1, 0.15) is 17.6 Å². The van der Waals surface area contributed by atoms with E-state index in [4.69, 9.17) is 21.1 Å². The van der Waals surface area contributed by atoms with Gasteiger partial charge in [-0.3, -0.25) is 23.9 Å². The highest BCUT2D eigenvalue weighted by Crippen LogP contribution is 2.36. The highest BCUT2D eigenvalue weighted by atomic mass is 35.5. The zero-order valence-electron chi connectivity index (χ0n) is 27.5. The number of pyridine rings is 1. The first kappa shape index (κ1) is 36.0. The van der Waals surface area contributed by atoms with Gasteiger partial charge in [0.25, 0.3) is 11.5 Å². The maximum Gasteiger partial charge on any atom is 0.436 e. The lowest BCUT2D eigenvalue weighted by atomic mass is 10.0. The van der Waals surface area contributed by atoms with Gasteiger partial charge in [-0.05, 0) is 55.7 Å². The minimum absolute atomic E-state index is 0.0785. The van der Waals surface area contributed by atoms with Crippen LogP contribution in [0.2, 0.25) is 5.02 Å². The number of anilines is 1. The Morgan fingerprint density at radius 2 is 1.82 bits per heavy atom. The van der Waals surface area contributed by atoms with Crippen LogP contribution in [0.4, 0.5) is 23.2 Å². The van der Waals surface area contributed by atoms with Gasteiger partial charge >= 0.3 is 6.18 Å². The summed E-state index contributed by atoms with van der Waals surface area (Å²) < 4.78 is 67.8. The van der Waals surface area contributed by atoms with Crippen molar-refractivity contribution in [3.63, 3.8) is 0 Å². The second kappa shape index (κ2) is 14.8. The molecule has 12 nitrogen and oxygen atoms in total. The maximum absolute atomic E-state index is 15.2. The standard InChI is InChI=1S/C34H34ClF4N7O5/c1-3-27(33(49)41-21-5-6-23(26(36)13-21)32(48)40-20-8-10-44(11-9-20)22-17-51-18-22)45-15-29(50-2)25(14-31(45)47)24-12-19(35)4-7-28(24)46-16-30(42-43-46)34(37,38)39/h4-7,12-16,20,22,27H,3,8-11,17-18H2,1-2H3,(H,40,48)(H,41,49)/t27-/m0/s1. The van der Waals surface area contributed by atoms with Crippen molar-refractivity contribution in [2.45, 2.75) is 50.5 Å². The van der Waals surface area contributed by atoms with Crippen molar-refractivity contribution in [3.05, 3.63) is 87.3 Å². The first-order valence-electron chi connectivity index (χ1n) is 16.2. The number of hydrogen-bond acceptors (Lipinski definition) is 8. The number of carbonyl (C=O) groups excluding carboxylic acids is 2. The van der Waals surface area contributed by atoms with Crippen molar-refractivity contribution in [1.29, 1.82) is 0 Å². The van der Waals surface area contributed by atoms with Crippen LogP contribution in [-0.2, 0) is 15.7 Å². The minimum Gasteiger partial charge on any atom is -0.495 e. The van der Waals surface area contributed by atoms with E-state index in [0.29, 0.717) is 12.2 Å². The molecule has 0 spiro atoms. The second-order valence-electron chi connectivity index (χ2n) is 12.3. The van der Waals surface area contributed by atoms with Crippen molar-refractivity contribution < 1.29 is 36.6 Å². The topological polar surface area (TPSA) is 133 Å². The molecule has 0 saturated carbocycles. The molecule has 0 bridgehead atoms. The highest BCUT2D eigenvalue weighted by molar-refractivity contribution is 6.31. The summed E-state index contributed by atoms with van der Waals surface area (Å²) in [6, 6.07) is 8.47. The van der Waals surface area contributed by atoms with E-state index in [2.05, 4.69) is 25.8 Å². The number of methoxy groups -OCH3 is 1. The first-order chi connectivity index (χ1) is 24.4. The maximum atomic E-state index is 15.2. The molecule has 51 heavy (non-hydrogen) atoms. The van der Waals surface area contributed by atoms with Gasteiger partial charge in [-0.1, -0.05) is 23.7 Å². The molecule has 2 saturated heterocycles. The predicted molar refractivity (Wildman–Crippen MR) is 179 cm³/mol. The van der Waals surface area contributed by atoms with E-state index < -0.39 is 41.1 Å². The van der Waals surface area contributed by atoms with E-state index in [0.717, 1.165) is 54.5 Å². The Morgan fingerprint density at radius 3 is 2.43 bits per heavy atom. The second-order valence-corrected chi connectivity index (χ2v) is 12.7. The van der Waals surface area contributed by atoms with Crippen molar-refractivity contribution >= 4 is 29.1 Å². The van der Waals surface area contributed by atoms with Crippen LogP contribution in [0.5, 0.6) is 5.75 Å². The van der Waals surface area contributed by atoms with E-state index in [1.54, 1.807) is 6.92 Å². The van der Waals surface area contributed by atoms with Crippen LogP contribution in [0.3, 0.4) is 0 Å². The third kappa shape index (κ3) is 7.77. The number of nitrogens with zero attached hydrogens (tertiary/aromatic N) is 5. The summed E-state index contributed by atoms with van der Waals surface area (Å²) in [7, 11) is 1.32. The highest BCUT2D eigenvalue weighted by Gasteiger charge is 2.35. The van der Waals surface area contributed by atoms with E-state index in [1.807, 2.05) is 0 Å². The molecule has 4 heterocycles. The molecule has 2 aliphatic heterocycles. The van der Waals surface area contributed by atoms with Gasteiger partial charge < -0.3 is 20.1 Å². The molecule has 2 aliphatic rings. The molecule has 2 aromatic carbocycles. The molecule has 0 radical (unpaired) electrons. The van der Waals surface area contributed by atoms with Gasteiger partial charge in [0, 0.05) is 47.0 Å². The van der Waals surface area contributed by atoms with Crippen molar-refractivity contribution in [2.75, 3.05) is 38.7 Å². The molecule has 2 aromatic heterocycles. The summed E-state index contributed by atoms with van der Waals surface area (Å²) in [4.78, 5) is 42.2. The molecule has 1 atom stereocenters. The number of alkyl halides is 3. The lowest BCUT2D eigenvalue weighted by molar-refractivity contribution is -0.141. The van der Waals surface area contributed by atoms with Crippen LogP contribution in [0.1, 0.15) is 48.3 Å². The lowest BCUT2D eigenvalue weighted by Crippen LogP contribution is -2.54. The molecule has 2 fully saturated rings. The smallest absolute Gasteiger partial charge is 0.436 e. The fourth-order valence-electron chi connectivity index (χ4n) is 6.20. The van der Waals surface area contributed by atoms with Crippen molar-refractivity contribution in [2.24, 2.45) is 0 Å². The molecular formula is C34H34ClF4N7O5. The van der Waals surface area contributed by atoms with Gasteiger partial charge in [0.2, 0.25) is 5.91 Å². The summed E-state index contributed by atoms with van der Waals surface area (Å²) >= 11 is 6.24. The van der Waals surface area contributed by atoms with Crippen LogP contribution in [0.25, 0.3) is 16.8 Å². The van der Waals surface area contributed by atoms with E-state index in [9.17, 15) is 27.6 Å². The van der Waals surface area contributed by atoms with Crippen molar-refractivity contribution in [3.8, 4) is 22.6 Å². The van der Waals surface area contributed by atoms with Gasteiger partial charge in [0.15, 0.2) is 5.69 Å². The largest absolute Gasteiger partial charge is 0.495 e. The normalized spacial score (nSPS) is 16.4. The number of amides is 2. The lowest BCUT2D eigenvalue weighted by Gasteiger charge is -2.41. The van der Waals surface area contributed by atoms with Crippen LogP contribution in [0, 0.1) is 5.82 Å². The number of rotatable bonds is 10. The first-order valence-corrected chi connectivity index (χ1v) is 16.6. The average Bonchev–Trinajstić information content (AvgIpc) is 3.57.